The standard InChI is InChI=1S/C20H23N3O5/c1-14(2)11-22-19(24)13-28-20(25)17-10-16(23(26)27)8-9-18(17)21-12-15-6-4-3-5-7-15/h3-10,14,21H,11-13H2,1-2H3,(H,22,24). The minimum Gasteiger partial charge on any atom is -0.452 e. The summed E-state index contributed by atoms with van der Waals surface area (Å²) in [6.07, 6.45) is 0. The van der Waals surface area contributed by atoms with Gasteiger partial charge in [0.25, 0.3) is 11.6 Å². The van der Waals surface area contributed by atoms with Crippen LogP contribution in [0, 0.1) is 16.0 Å². The summed E-state index contributed by atoms with van der Waals surface area (Å²) in [4.78, 5) is 34.6. The largest absolute Gasteiger partial charge is 0.452 e. The predicted octanol–water partition coefficient (Wildman–Crippen LogP) is 3.14. The molecule has 8 nitrogen and oxygen atoms in total. The summed E-state index contributed by atoms with van der Waals surface area (Å²) >= 11 is 0. The van der Waals surface area contributed by atoms with E-state index in [0.717, 1.165) is 11.6 Å². The Labute approximate surface area is 163 Å². The molecule has 28 heavy (non-hydrogen) atoms. The molecule has 0 spiro atoms. The van der Waals surface area contributed by atoms with Crippen molar-refractivity contribution in [2.24, 2.45) is 5.92 Å². The third-order valence-corrected chi connectivity index (χ3v) is 3.80. The number of amides is 1. The van der Waals surface area contributed by atoms with Gasteiger partial charge in [0.1, 0.15) is 0 Å². The average Bonchev–Trinajstić information content (AvgIpc) is 2.69. The zero-order valence-electron chi connectivity index (χ0n) is 15.8. The molecule has 0 heterocycles. The maximum atomic E-state index is 12.4. The molecule has 0 aliphatic heterocycles. The second kappa shape index (κ2) is 10.1. The SMILES string of the molecule is CC(C)CNC(=O)COC(=O)c1cc([N+](=O)[O-])ccc1NCc1ccccc1. The predicted molar refractivity (Wildman–Crippen MR) is 105 cm³/mol. The summed E-state index contributed by atoms with van der Waals surface area (Å²) in [6.45, 7) is 4.33. The van der Waals surface area contributed by atoms with Gasteiger partial charge in [-0.2, -0.15) is 0 Å². The van der Waals surface area contributed by atoms with Crippen molar-refractivity contribution in [3.05, 3.63) is 69.8 Å². The highest BCUT2D eigenvalue weighted by molar-refractivity contribution is 5.97. The molecular weight excluding hydrogens is 362 g/mol. The first-order valence-electron chi connectivity index (χ1n) is 8.87. The van der Waals surface area contributed by atoms with Crippen molar-refractivity contribution in [2.45, 2.75) is 20.4 Å². The number of carbonyl (C=O) groups excluding carboxylic acids is 2. The molecule has 0 unspecified atom stereocenters. The fraction of sp³-hybridized carbons (Fsp3) is 0.300. The molecular formula is C20H23N3O5. The van der Waals surface area contributed by atoms with Crippen LogP contribution in [0.3, 0.4) is 0 Å². The molecule has 0 radical (unpaired) electrons. The molecule has 8 heteroatoms. The number of hydrogen-bond acceptors (Lipinski definition) is 6. The zero-order chi connectivity index (χ0) is 20.5. The van der Waals surface area contributed by atoms with E-state index < -0.39 is 23.4 Å². The van der Waals surface area contributed by atoms with Gasteiger partial charge in [0.2, 0.25) is 0 Å². The second-order valence-electron chi connectivity index (χ2n) is 6.60. The Hall–Kier alpha value is -3.42. The molecule has 2 aromatic carbocycles. The lowest BCUT2D eigenvalue weighted by atomic mass is 10.1. The van der Waals surface area contributed by atoms with Gasteiger partial charge in [-0.05, 0) is 17.5 Å². The third kappa shape index (κ3) is 6.39. The Morgan fingerprint density at radius 3 is 2.50 bits per heavy atom. The van der Waals surface area contributed by atoms with Gasteiger partial charge < -0.3 is 15.4 Å². The number of benzene rings is 2. The van der Waals surface area contributed by atoms with Crippen molar-refractivity contribution in [1.29, 1.82) is 0 Å². The Morgan fingerprint density at radius 2 is 1.86 bits per heavy atom. The van der Waals surface area contributed by atoms with Crippen LogP contribution in [0.2, 0.25) is 0 Å². The average molecular weight is 385 g/mol. The van der Waals surface area contributed by atoms with Gasteiger partial charge in [0.15, 0.2) is 6.61 Å². The van der Waals surface area contributed by atoms with Gasteiger partial charge in [-0.3, -0.25) is 14.9 Å². The molecule has 148 valence electrons. The summed E-state index contributed by atoms with van der Waals surface area (Å²) in [5.74, 6) is -0.963. The molecule has 2 rings (SSSR count). The molecule has 0 saturated carbocycles. The number of anilines is 1. The number of nitro groups is 1. The second-order valence-corrected chi connectivity index (χ2v) is 6.60. The smallest absolute Gasteiger partial charge is 0.341 e. The van der Waals surface area contributed by atoms with Crippen LogP contribution in [0.5, 0.6) is 0 Å². The summed E-state index contributed by atoms with van der Waals surface area (Å²) in [7, 11) is 0. The van der Waals surface area contributed by atoms with E-state index in [1.807, 2.05) is 44.2 Å². The van der Waals surface area contributed by atoms with Gasteiger partial charge in [-0.15, -0.1) is 0 Å². The summed E-state index contributed by atoms with van der Waals surface area (Å²) < 4.78 is 5.04. The van der Waals surface area contributed by atoms with E-state index in [2.05, 4.69) is 10.6 Å². The minimum atomic E-state index is -0.807. The van der Waals surface area contributed by atoms with E-state index in [1.165, 1.54) is 12.1 Å². The van der Waals surface area contributed by atoms with Crippen molar-refractivity contribution >= 4 is 23.3 Å². The number of ether oxygens (including phenoxy) is 1. The van der Waals surface area contributed by atoms with E-state index in [9.17, 15) is 19.7 Å². The molecule has 0 aliphatic carbocycles. The monoisotopic (exact) mass is 385 g/mol. The molecule has 0 saturated heterocycles. The number of non-ortho nitro benzene ring substituents is 1. The molecule has 1 amide bonds. The highest BCUT2D eigenvalue weighted by Gasteiger charge is 2.19. The first kappa shape index (κ1) is 20.9. The van der Waals surface area contributed by atoms with Crippen LogP contribution in [-0.4, -0.2) is 30.0 Å². The lowest BCUT2D eigenvalue weighted by Gasteiger charge is -2.12. The Bertz CT molecular complexity index is 837. The molecule has 0 bridgehead atoms. The maximum absolute atomic E-state index is 12.4. The lowest BCUT2D eigenvalue weighted by Crippen LogP contribution is -2.31. The van der Waals surface area contributed by atoms with E-state index in [-0.39, 0.29) is 17.2 Å². The summed E-state index contributed by atoms with van der Waals surface area (Å²) in [6, 6.07) is 13.4. The van der Waals surface area contributed by atoms with Crippen LogP contribution in [0.4, 0.5) is 11.4 Å². The van der Waals surface area contributed by atoms with E-state index in [1.54, 1.807) is 0 Å². The summed E-state index contributed by atoms with van der Waals surface area (Å²) in [5, 5.41) is 16.8. The molecule has 0 aliphatic rings. The maximum Gasteiger partial charge on any atom is 0.341 e. The molecule has 0 atom stereocenters. The Kier molecular flexibility index (Phi) is 7.50. The van der Waals surface area contributed by atoms with E-state index >= 15 is 0 Å². The van der Waals surface area contributed by atoms with Crippen molar-refractivity contribution in [3.8, 4) is 0 Å². The molecule has 2 aromatic rings. The minimum absolute atomic E-state index is 0.00166. The first-order chi connectivity index (χ1) is 13.4. The van der Waals surface area contributed by atoms with Crippen molar-refractivity contribution in [2.75, 3.05) is 18.5 Å². The van der Waals surface area contributed by atoms with Crippen LogP contribution in [0.25, 0.3) is 0 Å². The highest BCUT2D eigenvalue weighted by Crippen LogP contribution is 2.23. The molecule has 2 N–H and O–H groups in total. The molecule has 0 aromatic heterocycles. The van der Waals surface area contributed by atoms with Gasteiger partial charge in [0, 0.05) is 30.9 Å². The fourth-order valence-electron chi connectivity index (χ4n) is 2.34. The van der Waals surface area contributed by atoms with Gasteiger partial charge in [-0.25, -0.2) is 4.79 Å². The van der Waals surface area contributed by atoms with Gasteiger partial charge in [0.05, 0.1) is 10.5 Å². The number of nitrogens with one attached hydrogen (secondary N) is 2. The van der Waals surface area contributed by atoms with Gasteiger partial charge in [-0.1, -0.05) is 44.2 Å². The quantitative estimate of drug-likeness (QED) is 0.390. The van der Waals surface area contributed by atoms with Crippen LogP contribution in [-0.2, 0) is 16.1 Å². The Balaban J connectivity index is 2.10. The topological polar surface area (TPSA) is 111 Å². The normalized spacial score (nSPS) is 10.4. The van der Waals surface area contributed by atoms with Crippen molar-refractivity contribution in [1.82, 2.24) is 5.32 Å². The van der Waals surface area contributed by atoms with E-state index in [4.69, 9.17) is 4.74 Å². The fourth-order valence-corrected chi connectivity index (χ4v) is 2.34. The van der Waals surface area contributed by atoms with Crippen LogP contribution < -0.4 is 10.6 Å². The number of nitro benzene ring substituents is 1. The number of carbonyl (C=O) groups is 2. The highest BCUT2D eigenvalue weighted by atomic mass is 16.6. The number of rotatable bonds is 9. The van der Waals surface area contributed by atoms with E-state index in [0.29, 0.717) is 18.8 Å². The zero-order valence-corrected chi connectivity index (χ0v) is 15.8. The van der Waals surface area contributed by atoms with Crippen LogP contribution in [0.15, 0.2) is 48.5 Å². The first-order valence-corrected chi connectivity index (χ1v) is 8.87. The molecule has 0 fully saturated rings. The number of nitrogens with zero attached hydrogens (tertiary/aromatic N) is 1. The number of esters is 1. The third-order valence-electron chi connectivity index (χ3n) is 3.80. The number of hydrogen-bond donors (Lipinski definition) is 2. The van der Waals surface area contributed by atoms with Crippen LogP contribution in [0.1, 0.15) is 29.8 Å². The summed E-state index contributed by atoms with van der Waals surface area (Å²) in [5.41, 5.74) is 1.14. The Morgan fingerprint density at radius 1 is 1.14 bits per heavy atom. The van der Waals surface area contributed by atoms with Crippen molar-refractivity contribution in [3.63, 3.8) is 0 Å². The van der Waals surface area contributed by atoms with Crippen molar-refractivity contribution < 1.29 is 19.2 Å². The van der Waals surface area contributed by atoms with Gasteiger partial charge >= 0.3 is 5.97 Å². The lowest BCUT2D eigenvalue weighted by molar-refractivity contribution is -0.384. The van der Waals surface area contributed by atoms with Crippen LogP contribution >= 0.6 is 0 Å².